The second-order valence-electron chi connectivity index (χ2n) is 7.24. The van der Waals surface area contributed by atoms with Gasteiger partial charge in [0.1, 0.15) is 0 Å². The van der Waals surface area contributed by atoms with Crippen LogP contribution in [0.2, 0.25) is 0 Å². The average Bonchev–Trinajstić information content (AvgIpc) is 3.46. The molecule has 3 rings (SSSR count). The zero-order valence-electron chi connectivity index (χ0n) is 15.4. The minimum Gasteiger partial charge on any atom is -0.349 e. The predicted molar refractivity (Wildman–Crippen MR) is 103 cm³/mol. The van der Waals surface area contributed by atoms with Gasteiger partial charge in [-0.3, -0.25) is 9.59 Å². The molecule has 0 aliphatic heterocycles. The Morgan fingerprint density at radius 1 is 1.00 bits per heavy atom. The van der Waals surface area contributed by atoms with Crippen molar-refractivity contribution in [2.45, 2.75) is 45.2 Å². The molecule has 136 valence electrons. The second-order valence-corrected chi connectivity index (χ2v) is 7.24. The molecule has 2 amide bonds. The van der Waals surface area contributed by atoms with E-state index in [9.17, 15) is 9.59 Å². The molecule has 0 bridgehead atoms. The Labute approximate surface area is 155 Å². The van der Waals surface area contributed by atoms with Crippen molar-refractivity contribution in [2.24, 2.45) is 5.92 Å². The third-order valence-electron chi connectivity index (χ3n) is 4.75. The molecule has 1 fully saturated rings. The lowest BCUT2D eigenvalue weighted by atomic mass is 10.0. The van der Waals surface area contributed by atoms with Crippen LogP contribution >= 0.6 is 0 Å². The molecule has 2 unspecified atom stereocenters. The zero-order valence-corrected chi connectivity index (χ0v) is 15.4. The molecular formula is C22H26N2O2. The van der Waals surface area contributed by atoms with Crippen molar-refractivity contribution in [3.63, 3.8) is 0 Å². The summed E-state index contributed by atoms with van der Waals surface area (Å²) in [6.07, 6.45) is 2.58. The first-order chi connectivity index (χ1) is 12.5. The van der Waals surface area contributed by atoms with Crippen molar-refractivity contribution in [2.75, 3.05) is 0 Å². The van der Waals surface area contributed by atoms with Crippen molar-refractivity contribution < 1.29 is 9.59 Å². The van der Waals surface area contributed by atoms with Gasteiger partial charge in [0.2, 0.25) is 5.91 Å². The molecule has 1 aliphatic carbocycles. The SMILES string of the molecule is Cc1ccc(C(NC(=O)CC(C)NC(=O)c2ccccc2)C2CC2)cc1. The summed E-state index contributed by atoms with van der Waals surface area (Å²) in [5, 5.41) is 6.06. The fourth-order valence-electron chi connectivity index (χ4n) is 3.13. The van der Waals surface area contributed by atoms with Gasteiger partial charge in [0.05, 0.1) is 6.04 Å². The van der Waals surface area contributed by atoms with Gasteiger partial charge >= 0.3 is 0 Å². The highest BCUT2D eigenvalue weighted by Crippen LogP contribution is 2.41. The maximum Gasteiger partial charge on any atom is 0.251 e. The van der Waals surface area contributed by atoms with Gasteiger partial charge in [-0.15, -0.1) is 0 Å². The molecule has 1 aliphatic rings. The minimum atomic E-state index is -0.222. The van der Waals surface area contributed by atoms with Gasteiger partial charge in [-0.05, 0) is 50.3 Å². The van der Waals surface area contributed by atoms with Crippen LogP contribution < -0.4 is 10.6 Å². The quantitative estimate of drug-likeness (QED) is 0.798. The summed E-state index contributed by atoms with van der Waals surface area (Å²) in [4.78, 5) is 24.7. The number of hydrogen-bond acceptors (Lipinski definition) is 2. The monoisotopic (exact) mass is 350 g/mol. The van der Waals surface area contributed by atoms with Crippen LogP contribution in [-0.4, -0.2) is 17.9 Å². The summed E-state index contributed by atoms with van der Waals surface area (Å²) in [5.74, 6) is 0.349. The Morgan fingerprint density at radius 2 is 1.65 bits per heavy atom. The maximum absolute atomic E-state index is 12.5. The van der Waals surface area contributed by atoms with E-state index in [1.54, 1.807) is 12.1 Å². The lowest BCUT2D eigenvalue weighted by Gasteiger charge is -2.21. The summed E-state index contributed by atoms with van der Waals surface area (Å²) < 4.78 is 0. The summed E-state index contributed by atoms with van der Waals surface area (Å²) >= 11 is 0. The molecular weight excluding hydrogens is 324 g/mol. The van der Waals surface area contributed by atoms with E-state index >= 15 is 0 Å². The summed E-state index contributed by atoms with van der Waals surface area (Å²) in [6, 6.07) is 17.3. The lowest BCUT2D eigenvalue weighted by Crippen LogP contribution is -2.38. The van der Waals surface area contributed by atoms with Crippen LogP contribution in [0.15, 0.2) is 54.6 Å². The van der Waals surface area contributed by atoms with Crippen LogP contribution in [0.3, 0.4) is 0 Å². The van der Waals surface area contributed by atoms with Crippen LogP contribution in [-0.2, 0) is 4.79 Å². The number of carbonyl (C=O) groups excluding carboxylic acids is 2. The van der Waals surface area contributed by atoms with Crippen LogP contribution in [0.4, 0.5) is 0 Å². The van der Waals surface area contributed by atoms with Crippen LogP contribution in [0.5, 0.6) is 0 Å². The fraction of sp³-hybridized carbons (Fsp3) is 0.364. The van der Waals surface area contributed by atoms with Crippen molar-refractivity contribution in [3.8, 4) is 0 Å². The molecule has 2 aromatic rings. The van der Waals surface area contributed by atoms with Crippen LogP contribution in [0.1, 0.15) is 53.7 Å². The minimum absolute atomic E-state index is 0.0247. The molecule has 4 heteroatoms. The Morgan fingerprint density at radius 3 is 2.27 bits per heavy atom. The highest BCUT2D eigenvalue weighted by atomic mass is 16.2. The smallest absolute Gasteiger partial charge is 0.251 e. The standard InChI is InChI=1S/C22H26N2O2/c1-15-8-10-17(11-9-15)21(18-12-13-18)24-20(25)14-16(2)23-22(26)19-6-4-3-5-7-19/h3-11,16,18,21H,12-14H2,1-2H3,(H,23,26)(H,24,25). The molecule has 2 N–H and O–H groups in total. The topological polar surface area (TPSA) is 58.2 Å². The van der Waals surface area contributed by atoms with E-state index in [1.165, 1.54) is 5.56 Å². The molecule has 0 radical (unpaired) electrons. The third kappa shape index (κ3) is 4.94. The molecule has 0 saturated heterocycles. The van der Waals surface area contributed by atoms with Crippen LogP contribution in [0.25, 0.3) is 0 Å². The predicted octanol–water partition coefficient (Wildman–Crippen LogP) is 3.77. The Kier molecular flexibility index (Phi) is 5.71. The summed E-state index contributed by atoms with van der Waals surface area (Å²) in [7, 11) is 0. The number of nitrogens with one attached hydrogen (secondary N) is 2. The first-order valence-electron chi connectivity index (χ1n) is 9.25. The average molecular weight is 350 g/mol. The molecule has 0 spiro atoms. The van der Waals surface area contributed by atoms with Crippen molar-refractivity contribution in [1.82, 2.24) is 10.6 Å². The molecule has 0 heterocycles. The number of hydrogen-bond donors (Lipinski definition) is 2. The Balaban J connectivity index is 1.55. The molecule has 2 aromatic carbocycles. The fourth-order valence-corrected chi connectivity index (χ4v) is 3.13. The molecule has 0 aromatic heterocycles. The highest BCUT2D eigenvalue weighted by Gasteiger charge is 2.33. The number of benzene rings is 2. The van der Waals surface area contributed by atoms with E-state index in [1.807, 2.05) is 25.1 Å². The zero-order chi connectivity index (χ0) is 18.5. The third-order valence-corrected chi connectivity index (χ3v) is 4.75. The highest BCUT2D eigenvalue weighted by molar-refractivity contribution is 5.94. The normalized spacial score (nSPS) is 15.8. The Bertz CT molecular complexity index is 751. The molecule has 26 heavy (non-hydrogen) atoms. The lowest BCUT2D eigenvalue weighted by molar-refractivity contribution is -0.122. The van der Waals surface area contributed by atoms with Gasteiger partial charge in [-0.2, -0.15) is 0 Å². The van der Waals surface area contributed by atoms with E-state index in [4.69, 9.17) is 0 Å². The van der Waals surface area contributed by atoms with Gasteiger partial charge in [0.15, 0.2) is 0 Å². The molecule has 2 atom stereocenters. The summed E-state index contributed by atoms with van der Waals surface area (Å²) in [6.45, 7) is 3.92. The number of carbonyl (C=O) groups is 2. The van der Waals surface area contributed by atoms with Crippen molar-refractivity contribution in [1.29, 1.82) is 0 Å². The maximum atomic E-state index is 12.5. The van der Waals surface area contributed by atoms with E-state index < -0.39 is 0 Å². The summed E-state index contributed by atoms with van der Waals surface area (Å²) in [5.41, 5.74) is 2.98. The largest absolute Gasteiger partial charge is 0.349 e. The van der Waals surface area contributed by atoms with E-state index in [0.717, 1.165) is 18.4 Å². The molecule has 4 nitrogen and oxygen atoms in total. The van der Waals surface area contributed by atoms with Gasteiger partial charge in [-0.1, -0.05) is 48.0 Å². The van der Waals surface area contributed by atoms with Crippen LogP contribution in [0, 0.1) is 12.8 Å². The van der Waals surface area contributed by atoms with E-state index in [0.29, 0.717) is 11.5 Å². The Hall–Kier alpha value is -2.62. The number of amides is 2. The van der Waals surface area contributed by atoms with E-state index in [-0.39, 0.29) is 30.3 Å². The van der Waals surface area contributed by atoms with Gasteiger partial charge in [0, 0.05) is 18.0 Å². The second kappa shape index (κ2) is 8.17. The first kappa shape index (κ1) is 18.2. The number of rotatable bonds is 7. The first-order valence-corrected chi connectivity index (χ1v) is 9.25. The van der Waals surface area contributed by atoms with Crippen molar-refractivity contribution in [3.05, 3.63) is 71.3 Å². The van der Waals surface area contributed by atoms with Crippen molar-refractivity contribution >= 4 is 11.8 Å². The van der Waals surface area contributed by atoms with Gasteiger partial charge in [-0.25, -0.2) is 0 Å². The van der Waals surface area contributed by atoms with Gasteiger partial charge in [0.25, 0.3) is 5.91 Å². The van der Waals surface area contributed by atoms with E-state index in [2.05, 4.69) is 41.8 Å². The van der Waals surface area contributed by atoms with Gasteiger partial charge < -0.3 is 10.6 Å². The number of aryl methyl sites for hydroxylation is 1. The molecule has 1 saturated carbocycles.